The highest BCUT2D eigenvalue weighted by Gasteiger charge is 2.34. The van der Waals surface area contributed by atoms with Gasteiger partial charge in [-0.15, -0.1) is 0 Å². The zero-order valence-corrected chi connectivity index (χ0v) is 17.9. The van der Waals surface area contributed by atoms with Gasteiger partial charge in [0.1, 0.15) is 5.82 Å². The maximum Gasteiger partial charge on any atom is 0.254 e. The molecule has 2 atom stereocenters. The third-order valence-corrected chi connectivity index (χ3v) is 6.38. The SMILES string of the molecule is CCC(C)C(=O)N1CCCC(C(=O)N2CCC(NC(=O)c3ccccc3F)CC2)C1. The number of piperidine rings is 2. The minimum Gasteiger partial charge on any atom is -0.349 e. The largest absolute Gasteiger partial charge is 0.349 e. The lowest BCUT2D eigenvalue weighted by molar-refractivity contribution is -0.143. The van der Waals surface area contributed by atoms with E-state index in [0.29, 0.717) is 32.5 Å². The number of hydrogen-bond donors (Lipinski definition) is 1. The lowest BCUT2D eigenvalue weighted by Gasteiger charge is -2.38. The summed E-state index contributed by atoms with van der Waals surface area (Å²) in [6.07, 6.45) is 3.77. The van der Waals surface area contributed by atoms with Gasteiger partial charge in [-0.2, -0.15) is 0 Å². The third-order valence-electron chi connectivity index (χ3n) is 6.38. The number of carbonyl (C=O) groups is 3. The van der Waals surface area contributed by atoms with E-state index in [2.05, 4.69) is 5.32 Å². The van der Waals surface area contributed by atoms with E-state index in [1.54, 1.807) is 12.1 Å². The average Bonchev–Trinajstić information content (AvgIpc) is 2.78. The molecule has 0 bridgehead atoms. The van der Waals surface area contributed by atoms with Crippen LogP contribution < -0.4 is 5.32 Å². The van der Waals surface area contributed by atoms with Gasteiger partial charge in [0.25, 0.3) is 5.91 Å². The molecule has 3 amide bonds. The standard InChI is InChI=1S/C23H32FN3O3/c1-3-16(2)22(29)27-12-6-7-17(15-27)23(30)26-13-10-18(11-14-26)25-21(28)19-8-4-5-9-20(19)24/h4-5,8-9,16-18H,3,6-7,10-15H2,1-2H3,(H,25,28). The third kappa shape index (κ3) is 5.18. The van der Waals surface area contributed by atoms with Crippen molar-refractivity contribution in [3.05, 3.63) is 35.6 Å². The number of nitrogens with one attached hydrogen (secondary N) is 1. The molecule has 0 aliphatic carbocycles. The minimum absolute atomic E-state index is 0.00680. The number of nitrogens with zero attached hydrogens (tertiary/aromatic N) is 2. The molecule has 2 unspecified atom stereocenters. The summed E-state index contributed by atoms with van der Waals surface area (Å²) in [6.45, 7) is 6.31. The van der Waals surface area contributed by atoms with Gasteiger partial charge >= 0.3 is 0 Å². The highest BCUT2D eigenvalue weighted by atomic mass is 19.1. The van der Waals surface area contributed by atoms with Crippen molar-refractivity contribution in [3.8, 4) is 0 Å². The van der Waals surface area contributed by atoms with E-state index in [-0.39, 0.29) is 35.3 Å². The van der Waals surface area contributed by atoms with Crippen molar-refractivity contribution in [3.63, 3.8) is 0 Å². The van der Waals surface area contributed by atoms with Crippen molar-refractivity contribution < 1.29 is 18.8 Å². The van der Waals surface area contributed by atoms with Crippen LogP contribution in [0.15, 0.2) is 24.3 Å². The second-order valence-electron chi connectivity index (χ2n) is 8.49. The Kier molecular flexibility index (Phi) is 7.45. The van der Waals surface area contributed by atoms with Gasteiger partial charge in [0.15, 0.2) is 0 Å². The molecule has 6 nitrogen and oxygen atoms in total. The first kappa shape index (κ1) is 22.2. The quantitative estimate of drug-likeness (QED) is 0.801. The van der Waals surface area contributed by atoms with Crippen molar-refractivity contribution >= 4 is 17.7 Å². The fourth-order valence-corrected chi connectivity index (χ4v) is 4.28. The predicted octanol–water partition coefficient (Wildman–Crippen LogP) is 2.83. The van der Waals surface area contributed by atoms with Crippen molar-refractivity contribution in [2.45, 2.75) is 52.0 Å². The lowest BCUT2D eigenvalue weighted by atomic mass is 9.93. The summed E-state index contributed by atoms with van der Waals surface area (Å²) in [6, 6.07) is 5.86. The Hall–Kier alpha value is -2.44. The number of halogens is 1. The van der Waals surface area contributed by atoms with Crippen LogP contribution in [0.25, 0.3) is 0 Å². The van der Waals surface area contributed by atoms with Crippen LogP contribution >= 0.6 is 0 Å². The number of rotatable bonds is 5. The maximum absolute atomic E-state index is 13.8. The molecule has 30 heavy (non-hydrogen) atoms. The van der Waals surface area contributed by atoms with Crippen LogP contribution in [0.3, 0.4) is 0 Å². The number of carbonyl (C=O) groups excluding carboxylic acids is 3. The smallest absolute Gasteiger partial charge is 0.254 e. The molecular formula is C23H32FN3O3. The molecule has 0 aromatic heterocycles. The fraction of sp³-hybridized carbons (Fsp3) is 0.609. The predicted molar refractivity (Wildman–Crippen MR) is 112 cm³/mol. The molecule has 1 N–H and O–H groups in total. The molecule has 3 rings (SSSR count). The van der Waals surface area contributed by atoms with Crippen LogP contribution in [0.2, 0.25) is 0 Å². The Bertz CT molecular complexity index is 777. The van der Waals surface area contributed by atoms with Crippen LogP contribution in [0.5, 0.6) is 0 Å². The zero-order chi connectivity index (χ0) is 21.7. The first-order valence-electron chi connectivity index (χ1n) is 11.0. The molecule has 2 heterocycles. The maximum atomic E-state index is 13.8. The molecule has 7 heteroatoms. The summed E-state index contributed by atoms with van der Waals surface area (Å²) in [7, 11) is 0. The highest BCUT2D eigenvalue weighted by Crippen LogP contribution is 2.23. The molecule has 0 spiro atoms. The van der Waals surface area contributed by atoms with Crippen molar-refractivity contribution in [1.29, 1.82) is 0 Å². The highest BCUT2D eigenvalue weighted by molar-refractivity contribution is 5.94. The molecule has 1 aromatic carbocycles. The minimum atomic E-state index is -0.531. The number of amides is 3. The van der Waals surface area contributed by atoms with Gasteiger partial charge in [-0.1, -0.05) is 26.0 Å². The Labute approximate surface area is 177 Å². The first-order chi connectivity index (χ1) is 14.4. The van der Waals surface area contributed by atoms with E-state index in [1.807, 2.05) is 23.6 Å². The van der Waals surface area contributed by atoms with Gasteiger partial charge in [-0.25, -0.2) is 4.39 Å². The van der Waals surface area contributed by atoms with Gasteiger partial charge in [0.2, 0.25) is 11.8 Å². The molecule has 2 aliphatic heterocycles. The summed E-state index contributed by atoms with van der Waals surface area (Å²) >= 11 is 0. The first-order valence-corrected chi connectivity index (χ1v) is 11.0. The Morgan fingerprint density at radius 3 is 2.47 bits per heavy atom. The molecule has 2 saturated heterocycles. The molecule has 0 saturated carbocycles. The summed E-state index contributed by atoms with van der Waals surface area (Å²) in [5.41, 5.74) is 0.0456. The van der Waals surface area contributed by atoms with Gasteiger partial charge in [0, 0.05) is 38.1 Å². The van der Waals surface area contributed by atoms with Crippen LogP contribution in [0.4, 0.5) is 4.39 Å². The molecule has 1 aromatic rings. The molecule has 0 radical (unpaired) electrons. The summed E-state index contributed by atoms with van der Waals surface area (Å²) in [5, 5.41) is 2.89. The second-order valence-corrected chi connectivity index (χ2v) is 8.49. The van der Waals surface area contributed by atoms with E-state index in [1.165, 1.54) is 12.1 Å². The van der Waals surface area contributed by atoms with Gasteiger partial charge < -0.3 is 15.1 Å². The van der Waals surface area contributed by atoms with Crippen molar-refractivity contribution in [2.75, 3.05) is 26.2 Å². The van der Waals surface area contributed by atoms with Crippen LogP contribution in [-0.4, -0.2) is 59.7 Å². The van der Waals surface area contributed by atoms with E-state index >= 15 is 0 Å². The Morgan fingerprint density at radius 1 is 1.10 bits per heavy atom. The number of hydrogen-bond acceptors (Lipinski definition) is 3. The average molecular weight is 418 g/mol. The summed E-state index contributed by atoms with van der Waals surface area (Å²) in [5.74, 6) is -0.843. The second kappa shape index (κ2) is 10.0. The van der Waals surface area contributed by atoms with Gasteiger partial charge in [-0.3, -0.25) is 14.4 Å². The summed E-state index contributed by atoms with van der Waals surface area (Å²) < 4.78 is 13.8. The number of likely N-dealkylation sites (tertiary alicyclic amines) is 2. The van der Waals surface area contributed by atoms with E-state index in [4.69, 9.17) is 0 Å². The molecular weight excluding hydrogens is 385 g/mol. The summed E-state index contributed by atoms with van der Waals surface area (Å²) in [4.78, 5) is 41.5. The molecule has 2 fully saturated rings. The topological polar surface area (TPSA) is 69.7 Å². The Balaban J connectivity index is 1.49. The normalized spacial score (nSPS) is 21.2. The monoisotopic (exact) mass is 417 g/mol. The fourth-order valence-electron chi connectivity index (χ4n) is 4.28. The zero-order valence-electron chi connectivity index (χ0n) is 17.9. The lowest BCUT2D eigenvalue weighted by Crippen LogP contribution is -2.51. The van der Waals surface area contributed by atoms with Crippen LogP contribution in [0.1, 0.15) is 56.3 Å². The van der Waals surface area contributed by atoms with E-state index < -0.39 is 11.7 Å². The number of benzene rings is 1. The van der Waals surface area contributed by atoms with Gasteiger partial charge in [0.05, 0.1) is 11.5 Å². The van der Waals surface area contributed by atoms with Crippen LogP contribution in [0, 0.1) is 17.7 Å². The van der Waals surface area contributed by atoms with Crippen molar-refractivity contribution in [1.82, 2.24) is 15.1 Å². The van der Waals surface area contributed by atoms with Gasteiger partial charge in [-0.05, 0) is 44.2 Å². The Morgan fingerprint density at radius 2 is 1.80 bits per heavy atom. The molecule has 2 aliphatic rings. The molecule has 164 valence electrons. The van der Waals surface area contributed by atoms with E-state index in [0.717, 1.165) is 25.8 Å². The van der Waals surface area contributed by atoms with E-state index in [9.17, 15) is 18.8 Å². The van der Waals surface area contributed by atoms with Crippen molar-refractivity contribution in [2.24, 2.45) is 11.8 Å². The van der Waals surface area contributed by atoms with Crippen LogP contribution in [-0.2, 0) is 9.59 Å².